The van der Waals surface area contributed by atoms with Crippen LogP contribution in [0.1, 0.15) is 31.2 Å². The second kappa shape index (κ2) is 8.09. The molecule has 3 aromatic rings. The largest absolute Gasteiger partial charge is 0.396 e. The summed E-state index contributed by atoms with van der Waals surface area (Å²) in [4.78, 5) is 6.58. The monoisotopic (exact) mass is 424 g/mol. The van der Waals surface area contributed by atoms with Gasteiger partial charge in [-0.05, 0) is 49.8 Å². The third-order valence-corrected chi connectivity index (χ3v) is 7.73. The van der Waals surface area contributed by atoms with Crippen LogP contribution in [0, 0.1) is 17.2 Å². The lowest BCUT2D eigenvalue weighted by atomic mass is 9.85. The van der Waals surface area contributed by atoms with Gasteiger partial charge >= 0.3 is 0 Å². The number of rotatable bonds is 5. The first-order chi connectivity index (χ1) is 14.5. The molecule has 1 aliphatic carbocycles. The van der Waals surface area contributed by atoms with E-state index < -0.39 is 10.0 Å². The van der Waals surface area contributed by atoms with Crippen molar-refractivity contribution >= 4 is 26.7 Å². The van der Waals surface area contributed by atoms with E-state index in [0.29, 0.717) is 28.2 Å². The molecule has 0 unspecified atom stereocenters. The lowest BCUT2D eigenvalue weighted by Crippen LogP contribution is -2.36. The minimum absolute atomic E-state index is 0.186. The Bertz CT molecular complexity index is 1190. The molecule has 1 aromatic carbocycles. The second-order valence-corrected chi connectivity index (χ2v) is 9.58. The summed E-state index contributed by atoms with van der Waals surface area (Å²) in [6.45, 7) is 0.208. The highest BCUT2D eigenvalue weighted by molar-refractivity contribution is 7.90. The van der Waals surface area contributed by atoms with Crippen molar-refractivity contribution in [1.29, 1.82) is 5.26 Å². The molecule has 2 aromatic heterocycles. The van der Waals surface area contributed by atoms with Crippen molar-refractivity contribution in [2.24, 2.45) is 5.92 Å². The first-order valence-electron chi connectivity index (χ1n) is 10.0. The van der Waals surface area contributed by atoms with E-state index in [-0.39, 0.29) is 17.5 Å². The van der Waals surface area contributed by atoms with Crippen molar-refractivity contribution in [2.45, 2.75) is 36.6 Å². The second-order valence-electron chi connectivity index (χ2n) is 7.77. The summed E-state index contributed by atoms with van der Waals surface area (Å²) in [7, 11) is -1.85. The maximum atomic E-state index is 13.1. The van der Waals surface area contributed by atoms with Gasteiger partial charge < -0.3 is 10.0 Å². The van der Waals surface area contributed by atoms with Crippen LogP contribution in [0.15, 0.2) is 53.7 Å². The minimum Gasteiger partial charge on any atom is -0.396 e. The Hall–Kier alpha value is -2.89. The number of aliphatic hydroxyl groups excluding tert-OH is 1. The fourth-order valence-electron chi connectivity index (χ4n) is 4.31. The maximum absolute atomic E-state index is 13.1. The summed E-state index contributed by atoms with van der Waals surface area (Å²) in [5.74, 6) is 0.333. The molecule has 2 heterocycles. The SMILES string of the molecule is CN(c1c(C#N)cnc2c1ccn2S(=O)(=O)c1ccccc1)[C@H]1CC[C@H](CO)CC1. The van der Waals surface area contributed by atoms with Crippen molar-refractivity contribution in [3.8, 4) is 6.07 Å². The number of nitrogens with zero attached hydrogens (tertiary/aromatic N) is 4. The van der Waals surface area contributed by atoms with Gasteiger partial charge in [-0.3, -0.25) is 0 Å². The maximum Gasteiger partial charge on any atom is 0.269 e. The first kappa shape index (κ1) is 20.4. The lowest BCUT2D eigenvalue weighted by Gasteiger charge is -2.36. The third kappa shape index (κ3) is 3.44. The van der Waals surface area contributed by atoms with Crippen LogP contribution in [0.4, 0.5) is 5.69 Å². The molecule has 0 aliphatic heterocycles. The molecule has 0 atom stereocenters. The van der Waals surface area contributed by atoms with Gasteiger partial charge in [0.2, 0.25) is 0 Å². The molecular formula is C22H24N4O3S. The van der Waals surface area contributed by atoms with Crippen LogP contribution in [-0.2, 0) is 10.0 Å². The molecule has 0 bridgehead atoms. The van der Waals surface area contributed by atoms with E-state index in [0.717, 1.165) is 25.7 Å². The molecule has 156 valence electrons. The van der Waals surface area contributed by atoms with Gasteiger partial charge in [0.15, 0.2) is 5.65 Å². The third-order valence-electron chi connectivity index (χ3n) is 6.05. The summed E-state index contributed by atoms with van der Waals surface area (Å²) < 4.78 is 27.5. The van der Waals surface area contributed by atoms with Crippen LogP contribution in [0.3, 0.4) is 0 Å². The number of aliphatic hydroxyl groups is 1. The molecule has 0 amide bonds. The molecule has 30 heavy (non-hydrogen) atoms. The average Bonchev–Trinajstić information content (AvgIpc) is 3.23. The highest BCUT2D eigenvalue weighted by atomic mass is 32.2. The zero-order valence-electron chi connectivity index (χ0n) is 16.8. The summed E-state index contributed by atoms with van der Waals surface area (Å²) in [6, 6.07) is 12.4. The fraction of sp³-hybridized carbons (Fsp3) is 0.364. The first-order valence-corrected chi connectivity index (χ1v) is 11.5. The zero-order valence-corrected chi connectivity index (χ0v) is 17.6. The molecule has 8 heteroatoms. The van der Waals surface area contributed by atoms with Crippen molar-refractivity contribution in [3.63, 3.8) is 0 Å². The van der Waals surface area contributed by atoms with E-state index in [1.807, 2.05) is 7.05 Å². The molecule has 1 saturated carbocycles. The summed E-state index contributed by atoms with van der Waals surface area (Å²) >= 11 is 0. The number of fused-ring (bicyclic) bond motifs is 1. The standard InChI is InChI=1S/C22H24N4O3S/c1-25(18-9-7-16(15-27)8-10-18)21-17(13-23)14-24-22-20(21)11-12-26(22)30(28,29)19-5-3-2-4-6-19/h2-6,11-12,14,16,18,27H,7-10,15H2,1H3/t16-,18-. The number of anilines is 1. The van der Waals surface area contributed by atoms with Crippen LogP contribution in [0.2, 0.25) is 0 Å². The van der Waals surface area contributed by atoms with Gasteiger partial charge in [0.1, 0.15) is 6.07 Å². The molecule has 0 saturated heterocycles. The Labute approximate surface area is 176 Å². The predicted molar refractivity (Wildman–Crippen MR) is 115 cm³/mol. The van der Waals surface area contributed by atoms with Gasteiger partial charge in [-0.25, -0.2) is 17.4 Å². The van der Waals surface area contributed by atoms with Crippen LogP contribution >= 0.6 is 0 Å². The van der Waals surface area contributed by atoms with Gasteiger partial charge in [0.25, 0.3) is 10.0 Å². The molecule has 0 radical (unpaired) electrons. The van der Waals surface area contributed by atoms with Crippen LogP contribution < -0.4 is 4.90 Å². The average molecular weight is 425 g/mol. The van der Waals surface area contributed by atoms with E-state index in [1.54, 1.807) is 36.4 Å². The zero-order chi connectivity index (χ0) is 21.3. The van der Waals surface area contributed by atoms with Gasteiger partial charge in [0.05, 0.1) is 16.1 Å². The van der Waals surface area contributed by atoms with Crippen LogP contribution in [0.5, 0.6) is 0 Å². The van der Waals surface area contributed by atoms with E-state index >= 15 is 0 Å². The highest BCUT2D eigenvalue weighted by Crippen LogP contribution is 2.36. The van der Waals surface area contributed by atoms with Gasteiger partial charge in [-0.2, -0.15) is 5.26 Å². The lowest BCUT2D eigenvalue weighted by molar-refractivity contribution is 0.182. The Kier molecular flexibility index (Phi) is 5.50. The van der Waals surface area contributed by atoms with Crippen molar-refractivity contribution in [2.75, 3.05) is 18.6 Å². The van der Waals surface area contributed by atoms with E-state index in [4.69, 9.17) is 0 Å². The summed E-state index contributed by atoms with van der Waals surface area (Å²) in [5, 5.41) is 19.7. The number of hydrogen-bond donors (Lipinski definition) is 1. The molecule has 1 N–H and O–H groups in total. The quantitative estimate of drug-likeness (QED) is 0.676. The van der Waals surface area contributed by atoms with Gasteiger partial charge in [0, 0.05) is 37.5 Å². The fourth-order valence-corrected chi connectivity index (χ4v) is 5.63. The smallest absolute Gasteiger partial charge is 0.269 e. The van der Waals surface area contributed by atoms with Crippen molar-refractivity contribution in [1.82, 2.24) is 8.96 Å². The summed E-state index contributed by atoms with van der Waals surface area (Å²) in [6.07, 6.45) is 6.65. The molecular weight excluding hydrogens is 400 g/mol. The summed E-state index contributed by atoms with van der Waals surface area (Å²) in [5.41, 5.74) is 1.44. The molecule has 7 nitrogen and oxygen atoms in total. The normalized spacial score (nSPS) is 19.5. The Morgan fingerprint density at radius 2 is 1.90 bits per heavy atom. The molecule has 0 spiro atoms. The van der Waals surface area contributed by atoms with Crippen LogP contribution in [-0.4, -0.2) is 42.2 Å². The minimum atomic E-state index is -3.79. The predicted octanol–water partition coefficient (Wildman–Crippen LogP) is 3.13. The van der Waals surface area contributed by atoms with E-state index in [2.05, 4.69) is 16.0 Å². The number of benzene rings is 1. The number of aromatic nitrogens is 2. The Morgan fingerprint density at radius 1 is 1.20 bits per heavy atom. The Morgan fingerprint density at radius 3 is 2.53 bits per heavy atom. The molecule has 1 aliphatic rings. The van der Waals surface area contributed by atoms with Crippen LogP contribution in [0.25, 0.3) is 11.0 Å². The van der Waals surface area contributed by atoms with Crippen molar-refractivity contribution < 1.29 is 13.5 Å². The van der Waals surface area contributed by atoms with E-state index in [9.17, 15) is 18.8 Å². The topological polar surface area (TPSA) is 99.2 Å². The van der Waals surface area contributed by atoms with E-state index in [1.165, 1.54) is 16.4 Å². The molecule has 4 rings (SSSR count). The number of hydrogen-bond acceptors (Lipinski definition) is 6. The number of pyridine rings is 1. The van der Waals surface area contributed by atoms with Crippen molar-refractivity contribution in [3.05, 3.63) is 54.4 Å². The highest BCUT2D eigenvalue weighted by Gasteiger charge is 2.28. The Balaban J connectivity index is 1.79. The van der Waals surface area contributed by atoms with Gasteiger partial charge in [-0.1, -0.05) is 18.2 Å². The van der Waals surface area contributed by atoms with Gasteiger partial charge in [-0.15, -0.1) is 0 Å². The molecule has 1 fully saturated rings. The number of nitriles is 1.